The average molecular weight is 278 g/mol. The van der Waals surface area contributed by atoms with Crippen molar-refractivity contribution < 1.29 is 18.8 Å². The molecule has 0 radical (unpaired) electrons. The Balaban J connectivity index is 1.95. The second kappa shape index (κ2) is 6.36. The van der Waals surface area contributed by atoms with Gasteiger partial charge in [0.25, 0.3) is 5.91 Å². The van der Waals surface area contributed by atoms with Gasteiger partial charge in [0.1, 0.15) is 5.76 Å². The summed E-state index contributed by atoms with van der Waals surface area (Å²) in [5.41, 5.74) is 1.27. The number of nitrogens with zero attached hydrogens (tertiary/aromatic N) is 1. The van der Waals surface area contributed by atoms with E-state index in [2.05, 4.69) is 22.1 Å². The molecule has 1 atom stereocenters. The van der Waals surface area contributed by atoms with E-state index in [1.807, 2.05) is 0 Å². The number of hydrogen-bond acceptors (Lipinski definition) is 5. The summed E-state index contributed by atoms with van der Waals surface area (Å²) in [6.45, 7) is 2.39. The molecule has 1 aliphatic rings. The van der Waals surface area contributed by atoms with Gasteiger partial charge in [-0.3, -0.25) is 4.79 Å². The molecular weight excluding hydrogens is 260 g/mol. The molecule has 1 amide bonds. The highest BCUT2D eigenvalue weighted by Crippen LogP contribution is 2.27. The number of aryl methyl sites for hydroxylation is 1. The van der Waals surface area contributed by atoms with Gasteiger partial charge >= 0.3 is 5.97 Å². The van der Waals surface area contributed by atoms with Crippen molar-refractivity contribution in [3.63, 3.8) is 0 Å². The molecule has 6 nitrogen and oxygen atoms in total. The maximum absolute atomic E-state index is 12.0. The van der Waals surface area contributed by atoms with Crippen molar-refractivity contribution in [3.8, 4) is 0 Å². The van der Waals surface area contributed by atoms with Crippen LogP contribution in [-0.4, -0.2) is 30.7 Å². The van der Waals surface area contributed by atoms with Crippen molar-refractivity contribution in [3.05, 3.63) is 29.2 Å². The van der Waals surface area contributed by atoms with Crippen LogP contribution in [0.25, 0.3) is 0 Å². The predicted molar refractivity (Wildman–Crippen MR) is 71.2 cm³/mol. The smallest absolute Gasteiger partial charge is 0.330 e. The maximum Gasteiger partial charge on any atom is 0.330 e. The summed E-state index contributed by atoms with van der Waals surface area (Å²) in [7, 11) is 1.30. The van der Waals surface area contributed by atoms with Crippen LogP contribution in [0.2, 0.25) is 0 Å². The highest BCUT2D eigenvalue weighted by atomic mass is 16.5. The Kier molecular flexibility index (Phi) is 4.55. The van der Waals surface area contributed by atoms with Crippen molar-refractivity contribution in [2.45, 2.75) is 26.2 Å². The largest absolute Gasteiger partial charge is 0.466 e. The second-order valence-corrected chi connectivity index (χ2v) is 4.92. The van der Waals surface area contributed by atoms with E-state index in [0.29, 0.717) is 11.6 Å². The third-order valence-corrected chi connectivity index (χ3v) is 3.34. The summed E-state index contributed by atoms with van der Waals surface area (Å²) in [6, 6.07) is 0. The van der Waals surface area contributed by atoms with Crippen LogP contribution in [0.5, 0.6) is 0 Å². The molecule has 108 valence electrons. The Bertz CT molecular complexity index is 533. The monoisotopic (exact) mass is 278 g/mol. The van der Waals surface area contributed by atoms with Crippen molar-refractivity contribution in [2.75, 3.05) is 13.7 Å². The van der Waals surface area contributed by atoms with Crippen LogP contribution in [-0.2, 0) is 22.4 Å². The first-order valence-corrected chi connectivity index (χ1v) is 6.62. The Morgan fingerprint density at radius 2 is 2.35 bits per heavy atom. The van der Waals surface area contributed by atoms with Crippen molar-refractivity contribution in [2.24, 2.45) is 5.92 Å². The van der Waals surface area contributed by atoms with E-state index in [4.69, 9.17) is 4.52 Å². The minimum Gasteiger partial charge on any atom is -0.466 e. The molecule has 0 aliphatic heterocycles. The molecule has 1 N–H and O–H groups in total. The number of nitrogens with one attached hydrogen (secondary N) is 1. The van der Waals surface area contributed by atoms with Gasteiger partial charge < -0.3 is 14.6 Å². The first-order valence-electron chi connectivity index (χ1n) is 6.62. The number of fused-ring (bicyclic) bond motifs is 1. The van der Waals surface area contributed by atoms with E-state index in [-0.39, 0.29) is 12.5 Å². The number of amides is 1. The number of carbonyl (C=O) groups is 2. The average Bonchev–Trinajstić information content (AvgIpc) is 2.86. The minimum atomic E-state index is -0.452. The van der Waals surface area contributed by atoms with E-state index >= 15 is 0 Å². The molecule has 0 saturated carbocycles. The third-order valence-electron chi connectivity index (χ3n) is 3.34. The van der Waals surface area contributed by atoms with E-state index in [1.54, 1.807) is 0 Å². The molecule has 0 fully saturated rings. The van der Waals surface area contributed by atoms with Gasteiger partial charge in [0, 0.05) is 24.6 Å². The van der Waals surface area contributed by atoms with Gasteiger partial charge in [0.15, 0.2) is 5.69 Å². The molecule has 1 aromatic heterocycles. The Morgan fingerprint density at radius 3 is 3.10 bits per heavy atom. The van der Waals surface area contributed by atoms with Crippen LogP contribution >= 0.6 is 0 Å². The fraction of sp³-hybridized carbons (Fsp3) is 0.500. The van der Waals surface area contributed by atoms with Crippen LogP contribution in [0.15, 0.2) is 16.7 Å². The summed E-state index contributed by atoms with van der Waals surface area (Å²) in [5, 5.41) is 6.53. The maximum atomic E-state index is 12.0. The van der Waals surface area contributed by atoms with Crippen LogP contribution < -0.4 is 5.32 Å². The first-order chi connectivity index (χ1) is 9.61. The summed E-state index contributed by atoms with van der Waals surface area (Å²) in [4.78, 5) is 22.9. The molecular formula is C14H18N2O4. The second-order valence-electron chi connectivity index (χ2n) is 4.92. The van der Waals surface area contributed by atoms with Crippen molar-refractivity contribution >= 4 is 11.9 Å². The lowest BCUT2D eigenvalue weighted by molar-refractivity contribution is -0.134. The summed E-state index contributed by atoms with van der Waals surface area (Å²) in [5.74, 6) is 0.622. The van der Waals surface area contributed by atoms with Crippen LogP contribution in [0.4, 0.5) is 0 Å². The number of ether oxygens (including phenoxy) is 1. The minimum absolute atomic E-state index is 0.241. The molecule has 0 spiro atoms. The van der Waals surface area contributed by atoms with E-state index in [9.17, 15) is 9.59 Å². The fourth-order valence-corrected chi connectivity index (χ4v) is 2.22. The zero-order chi connectivity index (χ0) is 14.5. The highest BCUT2D eigenvalue weighted by Gasteiger charge is 2.26. The molecule has 1 aromatic rings. The van der Waals surface area contributed by atoms with E-state index in [0.717, 1.165) is 30.6 Å². The zero-order valence-electron chi connectivity index (χ0n) is 11.6. The molecule has 0 aromatic carbocycles. The molecule has 0 saturated heterocycles. The molecule has 0 bridgehead atoms. The molecule has 2 rings (SSSR count). The molecule has 20 heavy (non-hydrogen) atoms. The number of esters is 1. The topological polar surface area (TPSA) is 81.4 Å². The molecule has 1 heterocycles. The van der Waals surface area contributed by atoms with Crippen molar-refractivity contribution in [1.29, 1.82) is 0 Å². The zero-order valence-corrected chi connectivity index (χ0v) is 11.6. The molecule has 1 unspecified atom stereocenters. The van der Waals surface area contributed by atoms with E-state index < -0.39 is 5.97 Å². The first kappa shape index (κ1) is 14.3. The quantitative estimate of drug-likeness (QED) is 0.662. The Labute approximate surface area is 117 Å². The number of hydrogen-bond donors (Lipinski definition) is 1. The molecule has 1 aliphatic carbocycles. The van der Waals surface area contributed by atoms with Crippen molar-refractivity contribution in [1.82, 2.24) is 10.5 Å². The van der Waals surface area contributed by atoms with Crippen LogP contribution in [0, 0.1) is 5.92 Å². The number of carbonyl (C=O) groups excluding carboxylic acids is 2. The predicted octanol–water partition coefficient (Wildman–Crippen LogP) is 1.26. The summed E-state index contributed by atoms with van der Waals surface area (Å²) >= 11 is 0. The molecule has 6 heteroatoms. The summed E-state index contributed by atoms with van der Waals surface area (Å²) in [6.07, 6.45) is 5.50. The standard InChI is InChI=1S/C14H18N2O4/c1-9-5-6-11-10(8-9)13(16-20-11)14(18)15-7-3-4-12(17)19-2/h3-4,9H,5-8H2,1-2H3,(H,15,18)/b4-3+. The lowest BCUT2D eigenvalue weighted by Crippen LogP contribution is -2.26. The van der Waals surface area contributed by atoms with Gasteiger partial charge in [-0.2, -0.15) is 0 Å². The van der Waals surface area contributed by atoms with Gasteiger partial charge in [-0.15, -0.1) is 0 Å². The summed E-state index contributed by atoms with van der Waals surface area (Å²) < 4.78 is 9.67. The highest BCUT2D eigenvalue weighted by molar-refractivity contribution is 5.94. The number of methoxy groups -OCH3 is 1. The number of aromatic nitrogens is 1. The van der Waals surface area contributed by atoms with Crippen LogP contribution in [0.1, 0.15) is 35.2 Å². The van der Waals surface area contributed by atoms with Gasteiger partial charge in [0.2, 0.25) is 0 Å². The third kappa shape index (κ3) is 3.26. The van der Waals surface area contributed by atoms with Gasteiger partial charge in [-0.1, -0.05) is 18.2 Å². The Morgan fingerprint density at radius 1 is 1.55 bits per heavy atom. The van der Waals surface area contributed by atoms with E-state index in [1.165, 1.54) is 19.3 Å². The van der Waals surface area contributed by atoms with Crippen LogP contribution in [0.3, 0.4) is 0 Å². The SMILES string of the molecule is COC(=O)/C=C/CNC(=O)c1noc2c1CC(C)CC2. The fourth-order valence-electron chi connectivity index (χ4n) is 2.22. The normalized spacial score (nSPS) is 17.8. The Hall–Kier alpha value is -2.11. The lowest BCUT2D eigenvalue weighted by atomic mass is 9.88. The number of rotatable bonds is 4. The van der Waals surface area contributed by atoms with Gasteiger partial charge in [-0.05, 0) is 18.8 Å². The lowest BCUT2D eigenvalue weighted by Gasteiger charge is -2.16. The van der Waals surface area contributed by atoms with Gasteiger partial charge in [-0.25, -0.2) is 4.79 Å². The van der Waals surface area contributed by atoms with Gasteiger partial charge in [0.05, 0.1) is 7.11 Å².